The van der Waals surface area contributed by atoms with Gasteiger partial charge < -0.3 is 29.2 Å². The summed E-state index contributed by atoms with van der Waals surface area (Å²) in [6, 6.07) is 0. The van der Waals surface area contributed by atoms with E-state index in [-0.39, 0.29) is 6.61 Å². The minimum atomic E-state index is -0.979. The summed E-state index contributed by atoms with van der Waals surface area (Å²) in [4.78, 5) is 0. The molecule has 0 aromatic heterocycles. The first kappa shape index (κ1) is 14.9. The monoisotopic (exact) mass is 274 g/mol. The molecule has 6 atom stereocenters. The van der Waals surface area contributed by atoms with Crippen molar-refractivity contribution in [3.05, 3.63) is 12.7 Å². The number of hydrogen-bond donors (Lipinski definition) is 2. The van der Waals surface area contributed by atoms with Crippen molar-refractivity contribution in [3.63, 3.8) is 0 Å². The number of aliphatic hydroxyl groups is 2. The van der Waals surface area contributed by atoms with Crippen molar-refractivity contribution in [3.8, 4) is 0 Å². The van der Waals surface area contributed by atoms with Crippen LogP contribution >= 0.6 is 0 Å². The van der Waals surface area contributed by atoms with E-state index in [9.17, 15) is 10.2 Å². The number of rotatable bonds is 4. The molecular weight excluding hydrogens is 252 g/mol. The van der Waals surface area contributed by atoms with E-state index >= 15 is 0 Å². The highest BCUT2D eigenvalue weighted by molar-refractivity contribution is 5.05. The van der Waals surface area contributed by atoms with Crippen LogP contribution in [0, 0.1) is 0 Å². The largest absolute Gasteiger partial charge is 0.387 e. The van der Waals surface area contributed by atoms with Gasteiger partial charge in [-0.1, -0.05) is 6.08 Å². The highest BCUT2D eigenvalue weighted by Gasteiger charge is 2.58. The topological polar surface area (TPSA) is 77.4 Å². The van der Waals surface area contributed by atoms with Gasteiger partial charge in [0.25, 0.3) is 0 Å². The fourth-order valence-electron chi connectivity index (χ4n) is 2.62. The number of methoxy groups -OCH3 is 1. The Labute approximate surface area is 112 Å². The Bertz CT molecular complexity index is 331. The van der Waals surface area contributed by atoms with E-state index in [0.29, 0.717) is 0 Å². The lowest BCUT2D eigenvalue weighted by molar-refractivity contribution is -0.292. The maximum atomic E-state index is 10.2. The van der Waals surface area contributed by atoms with Crippen molar-refractivity contribution < 1.29 is 29.2 Å². The van der Waals surface area contributed by atoms with Crippen LogP contribution in [-0.2, 0) is 18.9 Å². The minimum Gasteiger partial charge on any atom is -0.387 e. The average Bonchev–Trinajstić information content (AvgIpc) is 2.59. The summed E-state index contributed by atoms with van der Waals surface area (Å²) < 4.78 is 22.0. The third-order valence-electron chi connectivity index (χ3n) is 3.66. The molecular formula is C13H22O6. The first-order chi connectivity index (χ1) is 8.92. The molecule has 19 heavy (non-hydrogen) atoms. The van der Waals surface area contributed by atoms with Crippen molar-refractivity contribution in [1.82, 2.24) is 0 Å². The predicted octanol–water partition coefficient (Wildman–Crippen LogP) is -0.172. The smallest absolute Gasteiger partial charge is 0.186 e. The van der Waals surface area contributed by atoms with Crippen LogP contribution < -0.4 is 0 Å². The van der Waals surface area contributed by atoms with Crippen molar-refractivity contribution in [2.45, 2.75) is 56.3 Å². The zero-order valence-corrected chi connectivity index (χ0v) is 11.5. The highest BCUT2D eigenvalue weighted by Crippen LogP contribution is 2.39. The van der Waals surface area contributed by atoms with E-state index in [1.54, 1.807) is 19.9 Å². The van der Waals surface area contributed by atoms with Crippen LogP contribution in [0.3, 0.4) is 0 Å². The molecule has 0 bridgehead atoms. The standard InChI is InChI=1S/C13H22O6/c1-5-6-17-8-7(14)12(16-4)18-10-9(8)19-13(2,3)11(10)15/h5,7-12,14-15H,1,6H2,2-4H3/t7-,8+,9-,10-,11?,12+/m0/s1. The van der Waals surface area contributed by atoms with E-state index in [4.69, 9.17) is 18.9 Å². The Morgan fingerprint density at radius 1 is 1.32 bits per heavy atom. The Kier molecular flexibility index (Phi) is 4.29. The number of ether oxygens (including phenoxy) is 4. The van der Waals surface area contributed by atoms with Crippen molar-refractivity contribution in [2.75, 3.05) is 13.7 Å². The first-order valence-electron chi connectivity index (χ1n) is 6.37. The maximum absolute atomic E-state index is 10.2. The molecule has 2 saturated heterocycles. The van der Waals surface area contributed by atoms with Gasteiger partial charge in [0.05, 0.1) is 12.2 Å². The molecule has 2 aliphatic heterocycles. The molecule has 2 rings (SSSR count). The van der Waals surface area contributed by atoms with Gasteiger partial charge in [0.2, 0.25) is 0 Å². The minimum absolute atomic E-state index is 0.279. The molecule has 0 spiro atoms. The maximum Gasteiger partial charge on any atom is 0.186 e. The summed E-state index contributed by atoms with van der Waals surface area (Å²) in [5.41, 5.74) is -0.756. The number of fused-ring (bicyclic) bond motifs is 1. The average molecular weight is 274 g/mol. The molecule has 1 unspecified atom stereocenters. The van der Waals surface area contributed by atoms with E-state index in [0.717, 1.165) is 0 Å². The van der Waals surface area contributed by atoms with Gasteiger partial charge in [-0.15, -0.1) is 6.58 Å². The molecule has 0 aromatic carbocycles. The van der Waals surface area contributed by atoms with Crippen LogP contribution in [0.5, 0.6) is 0 Å². The fraction of sp³-hybridized carbons (Fsp3) is 0.846. The van der Waals surface area contributed by atoms with Crippen LogP contribution in [0.1, 0.15) is 13.8 Å². The van der Waals surface area contributed by atoms with Crippen molar-refractivity contribution in [2.24, 2.45) is 0 Å². The lowest BCUT2D eigenvalue weighted by atomic mass is 9.93. The van der Waals surface area contributed by atoms with Gasteiger partial charge in [0, 0.05) is 7.11 Å². The summed E-state index contributed by atoms with van der Waals surface area (Å²) in [6.07, 6.45) is -2.79. The third-order valence-corrected chi connectivity index (χ3v) is 3.66. The van der Waals surface area contributed by atoms with Gasteiger partial charge >= 0.3 is 0 Å². The van der Waals surface area contributed by atoms with E-state index < -0.39 is 42.4 Å². The van der Waals surface area contributed by atoms with Crippen LogP contribution in [0.4, 0.5) is 0 Å². The van der Waals surface area contributed by atoms with Gasteiger partial charge in [-0.05, 0) is 13.8 Å². The molecule has 0 saturated carbocycles. The molecule has 0 aliphatic carbocycles. The lowest BCUT2D eigenvalue weighted by Gasteiger charge is -2.40. The van der Waals surface area contributed by atoms with Gasteiger partial charge in [-0.2, -0.15) is 0 Å². The van der Waals surface area contributed by atoms with Crippen LogP contribution in [0.25, 0.3) is 0 Å². The number of aliphatic hydroxyl groups excluding tert-OH is 2. The first-order valence-corrected chi connectivity index (χ1v) is 6.37. The lowest BCUT2D eigenvalue weighted by Crippen LogP contribution is -2.59. The summed E-state index contributed by atoms with van der Waals surface area (Å²) in [7, 11) is 1.44. The Morgan fingerprint density at radius 3 is 2.58 bits per heavy atom. The molecule has 2 aliphatic rings. The summed E-state index contributed by atoms with van der Waals surface area (Å²) >= 11 is 0. The van der Waals surface area contributed by atoms with Gasteiger partial charge in [0.15, 0.2) is 6.29 Å². The third kappa shape index (κ3) is 2.56. The highest BCUT2D eigenvalue weighted by atomic mass is 16.7. The molecule has 2 N–H and O–H groups in total. The normalized spacial score (nSPS) is 44.9. The molecule has 0 aromatic rings. The van der Waals surface area contributed by atoms with Crippen LogP contribution in [0.2, 0.25) is 0 Å². The van der Waals surface area contributed by atoms with Crippen molar-refractivity contribution >= 4 is 0 Å². The molecule has 2 fully saturated rings. The molecule has 2 heterocycles. The second-order valence-corrected chi connectivity index (χ2v) is 5.41. The second kappa shape index (κ2) is 5.47. The Hall–Kier alpha value is -0.500. The molecule has 0 amide bonds. The Morgan fingerprint density at radius 2 is 2.00 bits per heavy atom. The summed E-state index contributed by atoms with van der Waals surface area (Å²) in [5.74, 6) is 0. The predicted molar refractivity (Wildman–Crippen MR) is 66.6 cm³/mol. The molecule has 6 heteroatoms. The molecule has 6 nitrogen and oxygen atoms in total. The molecule has 110 valence electrons. The van der Waals surface area contributed by atoms with E-state index in [1.165, 1.54) is 7.11 Å². The fourth-order valence-corrected chi connectivity index (χ4v) is 2.62. The van der Waals surface area contributed by atoms with Crippen molar-refractivity contribution in [1.29, 1.82) is 0 Å². The zero-order valence-electron chi connectivity index (χ0n) is 11.5. The van der Waals surface area contributed by atoms with Gasteiger partial charge in [-0.25, -0.2) is 0 Å². The second-order valence-electron chi connectivity index (χ2n) is 5.41. The van der Waals surface area contributed by atoms with E-state index in [2.05, 4.69) is 6.58 Å². The van der Waals surface area contributed by atoms with Crippen LogP contribution in [-0.4, -0.2) is 66.3 Å². The van der Waals surface area contributed by atoms with Gasteiger partial charge in [0.1, 0.15) is 30.5 Å². The SMILES string of the molecule is C=CCO[C@@H]1[C@H](O)[C@H](OC)O[C@@H]2C(O)C(C)(C)O[C@@H]12. The van der Waals surface area contributed by atoms with Gasteiger partial charge in [-0.3, -0.25) is 0 Å². The molecule has 0 radical (unpaired) electrons. The van der Waals surface area contributed by atoms with E-state index in [1.807, 2.05) is 0 Å². The quantitative estimate of drug-likeness (QED) is 0.693. The Balaban J connectivity index is 2.21. The van der Waals surface area contributed by atoms with Crippen LogP contribution in [0.15, 0.2) is 12.7 Å². The zero-order chi connectivity index (χ0) is 14.2. The number of hydrogen-bond acceptors (Lipinski definition) is 6. The summed E-state index contributed by atoms with van der Waals surface area (Å²) in [5, 5.41) is 20.4. The summed E-state index contributed by atoms with van der Waals surface area (Å²) in [6.45, 7) is 7.41.